The first-order valence-corrected chi connectivity index (χ1v) is 8.91. The van der Waals surface area contributed by atoms with Crippen molar-refractivity contribution in [3.8, 4) is 11.3 Å². The van der Waals surface area contributed by atoms with E-state index < -0.39 is 15.1 Å². The van der Waals surface area contributed by atoms with Crippen molar-refractivity contribution in [2.75, 3.05) is 6.26 Å². The quantitative estimate of drug-likeness (QED) is 0.852. The average Bonchev–Trinajstić information content (AvgIpc) is 2.75. The van der Waals surface area contributed by atoms with E-state index in [9.17, 15) is 8.42 Å². The maximum absolute atomic E-state index is 11.5. The molecule has 18 heavy (non-hydrogen) atoms. The average molecular weight is 346 g/mol. The summed E-state index contributed by atoms with van der Waals surface area (Å²) in [7, 11) is -3.09. The summed E-state index contributed by atoms with van der Waals surface area (Å²) in [4.78, 5) is 4.41. The molecule has 2 aromatic rings. The zero-order valence-electron chi connectivity index (χ0n) is 9.92. The fourth-order valence-electron chi connectivity index (χ4n) is 1.44. The molecule has 96 valence electrons. The van der Waals surface area contributed by atoms with Crippen LogP contribution in [0.3, 0.4) is 0 Å². The molecule has 0 aliphatic carbocycles. The molecule has 0 bridgehead atoms. The third-order valence-corrected chi connectivity index (χ3v) is 5.81. The fourth-order valence-corrected chi connectivity index (χ4v) is 3.71. The topological polar surface area (TPSA) is 47.0 Å². The van der Waals surface area contributed by atoms with Crippen LogP contribution in [0.2, 0.25) is 0 Å². The second-order valence-corrected chi connectivity index (χ2v) is 8.22. The maximum Gasteiger partial charge on any atom is 0.156 e. The van der Waals surface area contributed by atoms with E-state index in [0.29, 0.717) is 5.01 Å². The summed E-state index contributed by atoms with van der Waals surface area (Å²) in [6.07, 6.45) is 1.23. The molecule has 6 heteroatoms. The van der Waals surface area contributed by atoms with E-state index >= 15 is 0 Å². The summed E-state index contributed by atoms with van der Waals surface area (Å²) < 4.78 is 24.0. The Labute approximate surface area is 119 Å². The highest BCUT2D eigenvalue weighted by atomic mass is 79.9. The Morgan fingerprint density at radius 3 is 2.72 bits per heavy atom. The standard InChI is InChI=1S/C12H12BrNO2S2/c1-8(18(2,15)16)12-14-11(7-17-12)9-4-3-5-10(13)6-9/h3-8H,1-2H3. The number of thiazole rings is 1. The van der Waals surface area contributed by atoms with Crippen LogP contribution in [0.25, 0.3) is 11.3 Å². The van der Waals surface area contributed by atoms with Crippen LogP contribution in [-0.2, 0) is 9.84 Å². The molecule has 0 N–H and O–H groups in total. The van der Waals surface area contributed by atoms with E-state index in [1.54, 1.807) is 6.92 Å². The summed E-state index contributed by atoms with van der Waals surface area (Å²) in [6, 6.07) is 7.78. The van der Waals surface area contributed by atoms with Crippen LogP contribution in [0.5, 0.6) is 0 Å². The Hall–Kier alpha value is -0.720. The molecular formula is C12H12BrNO2S2. The maximum atomic E-state index is 11.5. The van der Waals surface area contributed by atoms with Gasteiger partial charge in [0.05, 0.1) is 5.69 Å². The van der Waals surface area contributed by atoms with Gasteiger partial charge in [-0.05, 0) is 19.1 Å². The van der Waals surface area contributed by atoms with E-state index in [1.165, 1.54) is 17.6 Å². The van der Waals surface area contributed by atoms with Gasteiger partial charge >= 0.3 is 0 Å². The number of hydrogen-bond acceptors (Lipinski definition) is 4. The molecule has 1 unspecified atom stereocenters. The molecule has 1 heterocycles. The van der Waals surface area contributed by atoms with E-state index in [0.717, 1.165) is 15.7 Å². The minimum absolute atomic E-state index is 0.552. The van der Waals surface area contributed by atoms with Gasteiger partial charge in [0.25, 0.3) is 0 Å². The normalized spacial score (nSPS) is 13.5. The van der Waals surface area contributed by atoms with Crippen LogP contribution in [0.4, 0.5) is 0 Å². The lowest BCUT2D eigenvalue weighted by molar-refractivity contribution is 0.592. The number of rotatable bonds is 3. The fraction of sp³-hybridized carbons (Fsp3) is 0.250. The Morgan fingerprint density at radius 1 is 1.39 bits per heavy atom. The summed E-state index contributed by atoms with van der Waals surface area (Å²) in [5, 5.41) is 1.97. The molecule has 0 radical (unpaired) electrons. The van der Waals surface area contributed by atoms with E-state index in [4.69, 9.17) is 0 Å². The molecule has 0 fully saturated rings. The van der Waals surface area contributed by atoms with Crippen molar-refractivity contribution in [1.29, 1.82) is 0 Å². The van der Waals surface area contributed by atoms with Gasteiger partial charge in [0, 0.05) is 21.7 Å². The second-order valence-electron chi connectivity index (χ2n) is 4.05. The van der Waals surface area contributed by atoms with E-state index in [-0.39, 0.29) is 0 Å². The summed E-state index contributed by atoms with van der Waals surface area (Å²) in [5.41, 5.74) is 1.79. The van der Waals surface area contributed by atoms with Crippen LogP contribution in [0.1, 0.15) is 17.2 Å². The van der Waals surface area contributed by atoms with E-state index in [2.05, 4.69) is 20.9 Å². The van der Waals surface area contributed by atoms with Crippen molar-refractivity contribution >= 4 is 37.1 Å². The van der Waals surface area contributed by atoms with Gasteiger partial charge in [-0.15, -0.1) is 11.3 Å². The molecule has 0 saturated heterocycles. The predicted octanol–water partition coefficient (Wildman–Crippen LogP) is 3.68. The summed E-state index contributed by atoms with van der Waals surface area (Å²) >= 11 is 4.79. The third kappa shape index (κ3) is 2.99. The minimum Gasteiger partial charge on any atom is -0.240 e. The first-order chi connectivity index (χ1) is 8.38. The SMILES string of the molecule is CC(c1nc(-c2cccc(Br)c2)cs1)S(C)(=O)=O. The summed E-state index contributed by atoms with van der Waals surface area (Å²) in [6.45, 7) is 1.67. The van der Waals surface area contributed by atoms with Gasteiger partial charge < -0.3 is 0 Å². The molecule has 1 aromatic heterocycles. The highest BCUT2D eigenvalue weighted by molar-refractivity contribution is 9.10. The third-order valence-electron chi connectivity index (χ3n) is 2.63. The van der Waals surface area contributed by atoms with Gasteiger partial charge in [0.15, 0.2) is 9.84 Å². The van der Waals surface area contributed by atoms with Gasteiger partial charge in [-0.3, -0.25) is 0 Å². The van der Waals surface area contributed by atoms with Crippen molar-refractivity contribution < 1.29 is 8.42 Å². The van der Waals surface area contributed by atoms with Crippen molar-refractivity contribution in [3.63, 3.8) is 0 Å². The van der Waals surface area contributed by atoms with Crippen molar-refractivity contribution in [1.82, 2.24) is 4.98 Å². The van der Waals surface area contributed by atoms with Gasteiger partial charge in [-0.2, -0.15) is 0 Å². The molecule has 2 rings (SSSR count). The van der Waals surface area contributed by atoms with Gasteiger partial charge in [0.1, 0.15) is 10.3 Å². The molecule has 0 amide bonds. The smallest absolute Gasteiger partial charge is 0.156 e. The number of hydrogen-bond donors (Lipinski definition) is 0. The van der Waals surface area contributed by atoms with Crippen molar-refractivity contribution in [3.05, 3.63) is 39.1 Å². The number of aromatic nitrogens is 1. The number of sulfone groups is 1. The van der Waals surface area contributed by atoms with Crippen molar-refractivity contribution in [2.24, 2.45) is 0 Å². The van der Waals surface area contributed by atoms with Gasteiger partial charge in [-0.1, -0.05) is 28.1 Å². The number of halogens is 1. The largest absolute Gasteiger partial charge is 0.240 e. The Morgan fingerprint density at radius 2 is 2.11 bits per heavy atom. The van der Waals surface area contributed by atoms with Gasteiger partial charge in [-0.25, -0.2) is 13.4 Å². The molecule has 0 aliphatic rings. The lowest BCUT2D eigenvalue weighted by Crippen LogP contribution is -2.07. The molecule has 1 atom stereocenters. The Kier molecular flexibility index (Phi) is 3.89. The molecule has 0 aliphatic heterocycles. The zero-order chi connectivity index (χ0) is 13.3. The van der Waals surface area contributed by atoms with Crippen molar-refractivity contribution in [2.45, 2.75) is 12.2 Å². The van der Waals surface area contributed by atoms with Crippen LogP contribution in [0, 0.1) is 0 Å². The van der Waals surface area contributed by atoms with Crippen LogP contribution < -0.4 is 0 Å². The predicted molar refractivity (Wildman–Crippen MR) is 78.5 cm³/mol. The van der Waals surface area contributed by atoms with E-state index in [1.807, 2.05) is 29.6 Å². The minimum atomic E-state index is -3.09. The molecule has 3 nitrogen and oxygen atoms in total. The zero-order valence-corrected chi connectivity index (χ0v) is 13.1. The first-order valence-electron chi connectivity index (χ1n) is 5.28. The lowest BCUT2D eigenvalue weighted by Gasteiger charge is -2.04. The Balaban J connectivity index is 2.37. The van der Waals surface area contributed by atoms with Gasteiger partial charge in [0.2, 0.25) is 0 Å². The first kappa shape index (κ1) is 13.7. The molecule has 1 aromatic carbocycles. The number of benzene rings is 1. The summed E-state index contributed by atoms with van der Waals surface area (Å²) in [5.74, 6) is 0. The van der Waals surface area contributed by atoms with Crippen LogP contribution >= 0.6 is 27.3 Å². The second kappa shape index (κ2) is 5.11. The number of nitrogens with zero attached hydrogens (tertiary/aromatic N) is 1. The van der Waals surface area contributed by atoms with Crippen LogP contribution in [-0.4, -0.2) is 19.7 Å². The highest BCUT2D eigenvalue weighted by Gasteiger charge is 2.20. The Bertz CT molecular complexity index is 664. The highest BCUT2D eigenvalue weighted by Crippen LogP contribution is 2.29. The molecular weight excluding hydrogens is 334 g/mol. The molecule has 0 spiro atoms. The lowest BCUT2D eigenvalue weighted by atomic mass is 10.2. The monoisotopic (exact) mass is 345 g/mol. The van der Waals surface area contributed by atoms with Crippen LogP contribution in [0.15, 0.2) is 34.1 Å². The molecule has 0 saturated carbocycles.